The maximum Gasteiger partial charge on any atom is 0.254 e. The van der Waals surface area contributed by atoms with E-state index in [4.69, 9.17) is 9.47 Å². The number of hydrogen-bond acceptors (Lipinski definition) is 3. The summed E-state index contributed by atoms with van der Waals surface area (Å²) in [5.41, 5.74) is 1.10. The minimum absolute atomic E-state index is 0.0987. The van der Waals surface area contributed by atoms with E-state index in [-0.39, 0.29) is 5.91 Å². The molecule has 1 saturated carbocycles. The van der Waals surface area contributed by atoms with Gasteiger partial charge in [-0.25, -0.2) is 0 Å². The van der Waals surface area contributed by atoms with E-state index < -0.39 is 0 Å². The fourth-order valence-corrected chi connectivity index (χ4v) is 3.56. The summed E-state index contributed by atoms with van der Waals surface area (Å²) in [5.74, 6) is 2.74. The Balaban J connectivity index is 1.75. The van der Waals surface area contributed by atoms with Crippen LogP contribution in [-0.2, 0) is 0 Å². The summed E-state index contributed by atoms with van der Waals surface area (Å²) in [6.45, 7) is 8.83. The number of carbonyl (C=O) groups excluding carboxylic acids is 1. The molecule has 1 amide bonds. The van der Waals surface area contributed by atoms with Crippen molar-refractivity contribution < 1.29 is 14.3 Å². The Hall–Kier alpha value is -1.71. The van der Waals surface area contributed by atoms with Crippen LogP contribution in [0.1, 0.15) is 31.1 Å². The van der Waals surface area contributed by atoms with E-state index in [0.717, 1.165) is 13.1 Å². The first-order valence-electron chi connectivity index (χ1n) is 7.59. The van der Waals surface area contributed by atoms with E-state index >= 15 is 0 Å². The minimum Gasteiger partial charge on any atom is -0.493 e. The van der Waals surface area contributed by atoms with Crippen LogP contribution in [0.4, 0.5) is 0 Å². The van der Waals surface area contributed by atoms with Crippen molar-refractivity contribution in [2.45, 2.75) is 20.8 Å². The van der Waals surface area contributed by atoms with Crippen molar-refractivity contribution >= 4 is 5.91 Å². The summed E-state index contributed by atoms with van der Waals surface area (Å²) in [6.07, 6.45) is 0. The monoisotopic (exact) mass is 289 g/mol. The quantitative estimate of drug-likeness (QED) is 0.855. The zero-order valence-corrected chi connectivity index (χ0v) is 13.2. The number of hydrogen-bond donors (Lipinski definition) is 0. The molecule has 114 valence electrons. The van der Waals surface area contributed by atoms with Crippen LogP contribution in [0.2, 0.25) is 0 Å². The van der Waals surface area contributed by atoms with E-state index in [1.54, 1.807) is 19.2 Å². The number of nitrogens with zero attached hydrogens (tertiary/aromatic N) is 1. The highest BCUT2D eigenvalue weighted by atomic mass is 16.5. The SMILES string of the molecule is CCOc1cc(C(=O)N2C[C@@H]3[C@H](C2)C3(C)C)ccc1OC. The predicted molar refractivity (Wildman–Crippen MR) is 80.8 cm³/mol. The third-order valence-electron chi connectivity index (χ3n) is 5.12. The van der Waals surface area contributed by atoms with E-state index in [0.29, 0.717) is 40.9 Å². The molecular formula is C17H23NO3. The number of carbonyl (C=O) groups is 1. The first-order chi connectivity index (χ1) is 9.98. The summed E-state index contributed by atoms with van der Waals surface area (Å²) >= 11 is 0. The molecule has 21 heavy (non-hydrogen) atoms. The predicted octanol–water partition coefficient (Wildman–Crippen LogP) is 2.82. The molecule has 3 rings (SSSR count). The van der Waals surface area contributed by atoms with Gasteiger partial charge in [0.25, 0.3) is 5.91 Å². The first-order valence-corrected chi connectivity index (χ1v) is 7.59. The first kappa shape index (κ1) is 14.2. The van der Waals surface area contributed by atoms with Gasteiger partial charge in [-0.3, -0.25) is 4.79 Å². The number of benzene rings is 1. The van der Waals surface area contributed by atoms with Crippen LogP contribution >= 0.6 is 0 Å². The lowest BCUT2D eigenvalue weighted by Gasteiger charge is -2.22. The van der Waals surface area contributed by atoms with E-state index in [1.807, 2.05) is 17.9 Å². The molecule has 1 aromatic carbocycles. The van der Waals surface area contributed by atoms with Gasteiger partial charge in [0.05, 0.1) is 13.7 Å². The van der Waals surface area contributed by atoms with Crippen molar-refractivity contribution in [3.63, 3.8) is 0 Å². The second-order valence-electron chi connectivity index (χ2n) is 6.54. The molecule has 0 spiro atoms. The van der Waals surface area contributed by atoms with Crippen molar-refractivity contribution in [3.05, 3.63) is 23.8 Å². The molecule has 2 fully saturated rings. The molecule has 4 heteroatoms. The summed E-state index contributed by atoms with van der Waals surface area (Å²) in [7, 11) is 1.61. The molecule has 4 nitrogen and oxygen atoms in total. The number of amides is 1. The van der Waals surface area contributed by atoms with Gasteiger partial charge in [-0.05, 0) is 42.4 Å². The smallest absolute Gasteiger partial charge is 0.254 e. The molecular weight excluding hydrogens is 266 g/mol. The third kappa shape index (κ3) is 2.27. The van der Waals surface area contributed by atoms with Gasteiger partial charge in [0.2, 0.25) is 0 Å². The van der Waals surface area contributed by atoms with Gasteiger partial charge in [-0.1, -0.05) is 13.8 Å². The van der Waals surface area contributed by atoms with Crippen LogP contribution < -0.4 is 9.47 Å². The van der Waals surface area contributed by atoms with Crippen LogP contribution in [0.25, 0.3) is 0 Å². The van der Waals surface area contributed by atoms with Crippen molar-refractivity contribution in [1.82, 2.24) is 4.90 Å². The highest BCUT2D eigenvalue weighted by Gasteiger charge is 2.62. The second-order valence-corrected chi connectivity index (χ2v) is 6.54. The van der Waals surface area contributed by atoms with Crippen molar-refractivity contribution in [2.75, 3.05) is 26.8 Å². The number of likely N-dealkylation sites (tertiary alicyclic amines) is 1. The molecule has 0 radical (unpaired) electrons. The van der Waals surface area contributed by atoms with Crippen LogP contribution in [0.3, 0.4) is 0 Å². The molecule has 1 aliphatic heterocycles. The number of piperidine rings is 1. The highest BCUT2D eigenvalue weighted by Crippen LogP contribution is 2.62. The zero-order chi connectivity index (χ0) is 15.2. The number of fused-ring (bicyclic) bond motifs is 1. The van der Waals surface area contributed by atoms with Gasteiger partial charge < -0.3 is 14.4 Å². The normalized spacial score (nSPS) is 25.4. The lowest BCUT2D eigenvalue weighted by Crippen LogP contribution is -2.32. The van der Waals surface area contributed by atoms with Gasteiger partial charge in [0.15, 0.2) is 11.5 Å². The molecule has 0 bridgehead atoms. The Kier molecular flexibility index (Phi) is 3.34. The van der Waals surface area contributed by atoms with Crippen molar-refractivity contribution in [1.29, 1.82) is 0 Å². The lowest BCUT2D eigenvalue weighted by molar-refractivity contribution is 0.0757. The van der Waals surface area contributed by atoms with Crippen LogP contribution in [0, 0.1) is 17.3 Å². The van der Waals surface area contributed by atoms with Crippen LogP contribution in [-0.4, -0.2) is 37.6 Å². The fourth-order valence-electron chi connectivity index (χ4n) is 3.56. The van der Waals surface area contributed by atoms with Crippen molar-refractivity contribution in [2.24, 2.45) is 17.3 Å². The van der Waals surface area contributed by atoms with Crippen molar-refractivity contribution in [3.8, 4) is 11.5 Å². The summed E-state index contributed by atoms with van der Waals surface area (Å²) < 4.78 is 10.8. The zero-order valence-electron chi connectivity index (χ0n) is 13.2. The second kappa shape index (κ2) is 4.93. The van der Waals surface area contributed by atoms with E-state index in [9.17, 15) is 4.79 Å². The topological polar surface area (TPSA) is 38.8 Å². The molecule has 2 aliphatic rings. The van der Waals surface area contributed by atoms with Crippen LogP contribution in [0.15, 0.2) is 18.2 Å². The molecule has 0 N–H and O–H groups in total. The molecule has 0 aromatic heterocycles. The average molecular weight is 289 g/mol. The Morgan fingerprint density at radius 1 is 1.29 bits per heavy atom. The Morgan fingerprint density at radius 2 is 1.95 bits per heavy atom. The molecule has 1 aliphatic carbocycles. The average Bonchev–Trinajstić information content (AvgIpc) is 2.83. The minimum atomic E-state index is 0.0987. The molecule has 1 saturated heterocycles. The molecule has 1 aromatic rings. The number of methoxy groups -OCH3 is 1. The Morgan fingerprint density at radius 3 is 2.52 bits per heavy atom. The van der Waals surface area contributed by atoms with Gasteiger partial charge in [-0.15, -0.1) is 0 Å². The number of rotatable bonds is 4. The Labute approximate surface area is 126 Å². The van der Waals surface area contributed by atoms with Gasteiger partial charge in [-0.2, -0.15) is 0 Å². The maximum absolute atomic E-state index is 12.6. The standard InChI is InChI=1S/C17H23NO3/c1-5-21-15-8-11(6-7-14(15)20-4)16(19)18-9-12-13(10-18)17(12,2)3/h6-8,12-13H,5,9-10H2,1-4H3/t12-,13+. The Bertz CT molecular complexity index is 553. The summed E-state index contributed by atoms with van der Waals surface area (Å²) in [6, 6.07) is 5.41. The summed E-state index contributed by atoms with van der Waals surface area (Å²) in [4.78, 5) is 14.6. The summed E-state index contributed by atoms with van der Waals surface area (Å²) in [5, 5.41) is 0. The third-order valence-corrected chi connectivity index (χ3v) is 5.12. The largest absolute Gasteiger partial charge is 0.493 e. The molecule has 0 unspecified atom stereocenters. The van der Waals surface area contributed by atoms with Gasteiger partial charge in [0, 0.05) is 18.7 Å². The van der Waals surface area contributed by atoms with E-state index in [1.165, 1.54) is 0 Å². The fraction of sp³-hybridized carbons (Fsp3) is 0.588. The molecule has 2 atom stereocenters. The lowest BCUT2D eigenvalue weighted by atomic mass is 10.1. The van der Waals surface area contributed by atoms with Crippen LogP contribution in [0.5, 0.6) is 11.5 Å². The van der Waals surface area contributed by atoms with Gasteiger partial charge in [0.1, 0.15) is 0 Å². The van der Waals surface area contributed by atoms with E-state index in [2.05, 4.69) is 13.8 Å². The number of ether oxygens (including phenoxy) is 2. The van der Waals surface area contributed by atoms with Gasteiger partial charge >= 0.3 is 0 Å². The highest BCUT2D eigenvalue weighted by molar-refractivity contribution is 5.95. The maximum atomic E-state index is 12.6. The molecule has 1 heterocycles.